The Bertz CT molecular complexity index is 1050. The van der Waals surface area contributed by atoms with Crippen molar-refractivity contribution in [3.63, 3.8) is 0 Å². The van der Waals surface area contributed by atoms with Crippen LogP contribution in [-0.2, 0) is 9.53 Å². The highest BCUT2D eigenvalue weighted by Crippen LogP contribution is 2.26. The summed E-state index contributed by atoms with van der Waals surface area (Å²) < 4.78 is 16.2. The minimum absolute atomic E-state index is 0.179. The van der Waals surface area contributed by atoms with E-state index in [2.05, 4.69) is 4.99 Å². The lowest BCUT2D eigenvalue weighted by molar-refractivity contribution is -0.129. The first-order valence-electron chi connectivity index (χ1n) is 8.15. The maximum Gasteiger partial charge on any atom is 0.363 e. The predicted molar refractivity (Wildman–Crippen MR) is 103 cm³/mol. The fourth-order valence-corrected chi connectivity index (χ4v) is 2.73. The zero-order chi connectivity index (χ0) is 18.8. The molecule has 0 N–H and O–H groups in total. The van der Waals surface area contributed by atoms with Crippen LogP contribution in [0.2, 0.25) is 5.02 Å². The average Bonchev–Trinajstić information content (AvgIpc) is 3.30. The summed E-state index contributed by atoms with van der Waals surface area (Å²) in [7, 11) is 1.59. The average molecular weight is 380 g/mol. The molecule has 3 aromatic rings. The predicted octanol–water partition coefficient (Wildman–Crippen LogP) is 4.95. The molecule has 2 aromatic carbocycles. The van der Waals surface area contributed by atoms with E-state index in [4.69, 9.17) is 25.5 Å². The van der Waals surface area contributed by atoms with Crippen LogP contribution >= 0.6 is 11.6 Å². The largest absolute Gasteiger partial charge is 0.497 e. The summed E-state index contributed by atoms with van der Waals surface area (Å²) in [5.41, 5.74) is 1.76. The van der Waals surface area contributed by atoms with Crippen LogP contribution in [0, 0.1) is 0 Å². The van der Waals surface area contributed by atoms with Gasteiger partial charge in [-0.1, -0.05) is 11.6 Å². The highest BCUT2D eigenvalue weighted by atomic mass is 35.5. The van der Waals surface area contributed by atoms with E-state index in [9.17, 15) is 4.79 Å². The van der Waals surface area contributed by atoms with Crippen molar-refractivity contribution in [2.75, 3.05) is 7.11 Å². The Balaban J connectivity index is 1.59. The highest BCUT2D eigenvalue weighted by molar-refractivity contribution is 6.30. The summed E-state index contributed by atoms with van der Waals surface area (Å²) >= 11 is 5.90. The molecule has 0 unspecified atom stereocenters. The van der Waals surface area contributed by atoms with E-state index < -0.39 is 5.97 Å². The Kier molecular flexibility index (Phi) is 4.52. The Morgan fingerprint density at radius 1 is 0.963 bits per heavy atom. The van der Waals surface area contributed by atoms with Gasteiger partial charge in [0, 0.05) is 22.2 Å². The third-order valence-electron chi connectivity index (χ3n) is 3.99. The molecule has 1 aliphatic heterocycles. The SMILES string of the molecule is COc1ccc(C2=N/C(=C\c3ccc(-c4ccc(Cl)cc4)o3)C(=O)O2)cc1. The normalized spacial score (nSPS) is 15.0. The Labute approximate surface area is 160 Å². The quantitative estimate of drug-likeness (QED) is 0.475. The van der Waals surface area contributed by atoms with Crippen molar-refractivity contribution in [3.8, 4) is 17.1 Å². The number of benzene rings is 2. The number of cyclic esters (lactones) is 1. The molecule has 1 aliphatic rings. The Hall–Kier alpha value is -3.31. The summed E-state index contributed by atoms with van der Waals surface area (Å²) in [5.74, 6) is 1.62. The van der Waals surface area contributed by atoms with Gasteiger partial charge in [0.25, 0.3) is 0 Å². The molecule has 0 radical (unpaired) electrons. The van der Waals surface area contributed by atoms with Gasteiger partial charge >= 0.3 is 5.97 Å². The zero-order valence-corrected chi connectivity index (χ0v) is 15.1. The topological polar surface area (TPSA) is 61.0 Å². The third-order valence-corrected chi connectivity index (χ3v) is 4.24. The third kappa shape index (κ3) is 3.64. The maximum absolute atomic E-state index is 12.1. The number of esters is 1. The summed E-state index contributed by atoms with van der Waals surface area (Å²) in [6, 6.07) is 18.0. The van der Waals surface area contributed by atoms with E-state index in [1.54, 1.807) is 55.7 Å². The van der Waals surface area contributed by atoms with E-state index in [-0.39, 0.29) is 11.6 Å². The number of furan rings is 1. The van der Waals surface area contributed by atoms with E-state index in [1.165, 1.54) is 0 Å². The van der Waals surface area contributed by atoms with Gasteiger partial charge in [-0.2, -0.15) is 0 Å². The number of halogens is 1. The summed E-state index contributed by atoms with van der Waals surface area (Å²) in [4.78, 5) is 16.4. The lowest BCUT2D eigenvalue weighted by Gasteiger charge is -2.01. The molecule has 6 heteroatoms. The number of nitrogens with zero attached hydrogens (tertiary/aromatic N) is 1. The fraction of sp³-hybridized carbons (Fsp3) is 0.0476. The Morgan fingerprint density at radius 3 is 2.37 bits per heavy atom. The Morgan fingerprint density at radius 2 is 1.67 bits per heavy atom. The molecular formula is C21H14ClNO4. The van der Waals surface area contributed by atoms with Gasteiger partial charge < -0.3 is 13.9 Å². The van der Waals surface area contributed by atoms with E-state index >= 15 is 0 Å². The van der Waals surface area contributed by atoms with Gasteiger partial charge in [-0.05, 0) is 60.7 Å². The molecule has 5 nitrogen and oxygen atoms in total. The smallest absolute Gasteiger partial charge is 0.363 e. The van der Waals surface area contributed by atoms with Crippen molar-refractivity contribution in [1.29, 1.82) is 0 Å². The molecule has 0 bridgehead atoms. The number of carbonyl (C=O) groups is 1. The van der Waals surface area contributed by atoms with E-state index in [0.29, 0.717) is 27.9 Å². The van der Waals surface area contributed by atoms with Gasteiger partial charge in [0.05, 0.1) is 7.11 Å². The first-order valence-corrected chi connectivity index (χ1v) is 8.53. The minimum Gasteiger partial charge on any atom is -0.497 e. The number of methoxy groups -OCH3 is 1. The zero-order valence-electron chi connectivity index (χ0n) is 14.3. The van der Waals surface area contributed by atoms with Crippen LogP contribution in [0.25, 0.3) is 17.4 Å². The molecule has 2 heterocycles. The second kappa shape index (κ2) is 7.13. The number of aliphatic imine (C=N–C) groups is 1. The first-order chi connectivity index (χ1) is 13.1. The van der Waals surface area contributed by atoms with Crippen LogP contribution in [-0.4, -0.2) is 19.0 Å². The van der Waals surface area contributed by atoms with Gasteiger partial charge in [0.15, 0.2) is 5.70 Å². The fourth-order valence-electron chi connectivity index (χ4n) is 2.60. The van der Waals surface area contributed by atoms with Crippen molar-refractivity contribution < 1.29 is 18.7 Å². The van der Waals surface area contributed by atoms with Gasteiger partial charge in [-0.25, -0.2) is 9.79 Å². The molecule has 0 spiro atoms. The number of hydrogen-bond donors (Lipinski definition) is 0. The molecule has 0 saturated carbocycles. The number of rotatable bonds is 4. The molecule has 0 fully saturated rings. The molecule has 0 atom stereocenters. The van der Waals surface area contributed by atoms with Gasteiger partial charge in [-0.15, -0.1) is 0 Å². The molecular weight excluding hydrogens is 366 g/mol. The van der Waals surface area contributed by atoms with Crippen LogP contribution in [0.15, 0.2) is 75.8 Å². The van der Waals surface area contributed by atoms with Gasteiger partial charge in [0.1, 0.15) is 17.3 Å². The van der Waals surface area contributed by atoms with Crippen molar-refractivity contribution in [1.82, 2.24) is 0 Å². The summed E-state index contributed by atoms with van der Waals surface area (Å²) in [6.07, 6.45) is 1.55. The van der Waals surface area contributed by atoms with Crippen molar-refractivity contribution >= 4 is 29.5 Å². The second-order valence-electron chi connectivity index (χ2n) is 5.77. The standard InChI is InChI=1S/C21H14ClNO4/c1-25-16-8-4-14(5-9-16)20-23-18(21(24)27-20)12-17-10-11-19(26-17)13-2-6-15(22)7-3-13/h2-12H,1H3/b18-12-. The number of ether oxygens (including phenoxy) is 2. The summed E-state index contributed by atoms with van der Waals surface area (Å²) in [5, 5.41) is 0.654. The lowest BCUT2D eigenvalue weighted by Crippen LogP contribution is -2.05. The molecule has 27 heavy (non-hydrogen) atoms. The van der Waals surface area contributed by atoms with Crippen LogP contribution in [0.1, 0.15) is 11.3 Å². The van der Waals surface area contributed by atoms with E-state index in [0.717, 1.165) is 5.56 Å². The molecule has 1 aromatic heterocycles. The number of hydrogen-bond acceptors (Lipinski definition) is 5. The van der Waals surface area contributed by atoms with E-state index in [1.807, 2.05) is 18.2 Å². The van der Waals surface area contributed by atoms with Crippen molar-refractivity contribution in [2.24, 2.45) is 4.99 Å². The minimum atomic E-state index is -0.523. The lowest BCUT2D eigenvalue weighted by atomic mass is 10.2. The van der Waals surface area contributed by atoms with Crippen molar-refractivity contribution in [2.45, 2.75) is 0 Å². The van der Waals surface area contributed by atoms with Gasteiger partial charge in [0.2, 0.25) is 5.90 Å². The molecule has 0 aliphatic carbocycles. The van der Waals surface area contributed by atoms with Crippen molar-refractivity contribution in [3.05, 3.63) is 82.7 Å². The van der Waals surface area contributed by atoms with Crippen LogP contribution < -0.4 is 4.74 Å². The molecule has 0 saturated heterocycles. The second-order valence-corrected chi connectivity index (χ2v) is 6.21. The molecule has 0 amide bonds. The maximum atomic E-state index is 12.1. The molecule has 134 valence electrons. The number of carbonyl (C=O) groups excluding carboxylic acids is 1. The summed E-state index contributed by atoms with van der Waals surface area (Å²) in [6.45, 7) is 0. The van der Waals surface area contributed by atoms with Crippen LogP contribution in [0.3, 0.4) is 0 Å². The highest BCUT2D eigenvalue weighted by Gasteiger charge is 2.24. The van der Waals surface area contributed by atoms with Gasteiger partial charge in [-0.3, -0.25) is 0 Å². The van der Waals surface area contributed by atoms with Crippen LogP contribution in [0.4, 0.5) is 0 Å². The molecule has 4 rings (SSSR count). The first kappa shape index (κ1) is 17.1. The monoisotopic (exact) mass is 379 g/mol. The van der Waals surface area contributed by atoms with Crippen LogP contribution in [0.5, 0.6) is 5.75 Å².